The van der Waals surface area contributed by atoms with Gasteiger partial charge in [-0.25, -0.2) is 13.1 Å². The third-order valence-electron chi connectivity index (χ3n) is 3.65. The molecule has 0 amide bonds. The molecular weight excluding hydrogens is 276 g/mol. The summed E-state index contributed by atoms with van der Waals surface area (Å²) >= 11 is 0. The summed E-state index contributed by atoms with van der Waals surface area (Å²) in [6, 6.07) is 5.60. The SMILES string of the molecule is Cc1ccc(CO)cc1S(=O)(=O)NCCN(C)C1CC1. The monoisotopic (exact) mass is 298 g/mol. The van der Waals surface area contributed by atoms with Crippen molar-refractivity contribution in [2.75, 3.05) is 20.1 Å². The Labute approximate surface area is 120 Å². The van der Waals surface area contributed by atoms with Crippen LogP contribution in [0.3, 0.4) is 0 Å². The predicted molar refractivity (Wildman–Crippen MR) is 77.9 cm³/mol. The number of likely N-dealkylation sites (N-methyl/N-ethyl adjacent to an activating group) is 1. The Morgan fingerprint density at radius 1 is 1.40 bits per heavy atom. The molecule has 20 heavy (non-hydrogen) atoms. The molecule has 5 nitrogen and oxygen atoms in total. The van der Waals surface area contributed by atoms with E-state index in [0.717, 1.165) is 0 Å². The van der Waals surface area contributed by atoms with Crippen molar-refractivity contribution in [2.45, 2.75) is 37.3 Å². The maximum absolute atomic E-state index is 12.3. The van der Waals surface area contributed by atoms with Crippen molar-refractivity contribution in [2.24, 2.45) is 0 Å². The van der Waals surface area contributed by atoms with E-state index in [2.05, 4.69) is 9.62 Å². The summed E-state index contributed by atoms with van der Waals surface area (Å²) in [5, 5.41) is 9.11. The zero-order valence-corrected chi connectivity index (χ0v) is 12.8. The van der Waals surface area contributed by atoms with Crippen molar-refractivity contribution < 1.29 is 13.5 Å². The van der Waals surface area contributed by atoms with E-state index >= 15 is 0 Å². The van der Waals surface area contributed by atoms with E-state index < -0.39 is 10.0 Å². The highest BCUT2D eigenvalue weighted by Crippen LogP contribution is 2.24. The van der Waals surface area contributed by atoms with Crippen molar-refractivity contribution in [3.8, 4) is 0 Å². The molecule has 0 heterocycles. The van der Waals surface area contributed by atoms with Crippen molar-refractivity contribution in [1.29, 1.82) is 0 Å². The van der Waals surface area contributed by atoms with Crippen LogP contribution < -0.4 is 4.72 Å². The highest BCUT2D eigenvalue weighted by atomic mass is 32.2. The Morgan fingerprint density at radius 2 is 2.10 bits per heavy atom. The van der Waals surface area contributed by atoms with Gasteiger partial charge in [0, 0.05) is 19.1 Å². The van der Waals surface area contributed by atoms with Crippen LogP contribution in [0.1, 0.15) is 24.0 Å². The van der Waals surface area contributed by atoms with Gasteiger partial charge in [0.2, 0.25) is 10.0 Å². The second-order valence-corrected chi connectivity index (χ2v) is 7.10. The zero-order valence-electron chi connectivity index (χ0n) is 12.0. The summed E-state index contributed by atoms with van der Waals surface area (Å²) in [7, 11) is -1.49. The Hall–Kier alpha value is -0.950. The number of benzene rings is 1. The lowest BCUT2D eigenvalue weighted by Crippen LogP contribution is -2.34. The van der Waals surface area contributed by atoms with E-state index in [1.165, 1.54) is 18.9 Å². The molecule has 1 aliphatic rings. The highest BCUT2D eigenvalue weighted by molar-refractivity contribution is 7.89. The van der Waals surface area contributed by atoms with E-state index in [9.17, 15) is 8.42 Å². The lowest BCUT2D eigenvalue weighted by Gasteiger charge is -2.16. The summed E-state index contributed by atoms with van der Waals surface area (Å²) in [6.07, 6.45) is 2.42. The molecule has 0 bridgehead atoms. The maximum atomic E-state index is 12.3. The summed E-state index contributed by atoms with van der Waals surface area (Å²) in [5.74, 6) is 0. The number of aliphatic hydroxyl groups excluding tert-OH is 1. The third kappa shape index (κ3) is 3.79. The molecule has 0 spiro atoms. The summed E-state index contributed by atoms with van der Waals surface area (Å²) in [4.78, 5) is 2.43. The normalized spacial score (nSPS) is 15.8. The van der Waals surface area contributed by atoms with Gasteiger partial charge in [-0.05, 0) is 44.0 Å². The minimum Gasteiger partial charge on any atom is -0.392 e. The average molecular weight is 298 g/mol. The molecule has 1 aromatic carbocycles. The number of hydrogen-bond donors (Lipinski definition) is 2. The fraction of sp³-hybridized carbons (Fsp3) is 0.571. The lowest BCUT2D eigenvalue weighted by molar-refractivity contribution is 0.281. The molecule has 1 aliphatic carbocycles. The van der Waals surface area contributed by atoms with Crippen LogP contribution in [0.25, 0.3) is 0 Å². The van der Waals surface area contributed by atoms with Crippen LogP contribution >= 0.6 is 0 Å². The third-order valence-corrected chi connectivity index (χ3v) is 5.25. The van der Waals surface area contributed by atoms with Gasteiger partial charge < -0.3 is 10.0 Å². The molecule has 0 aromatic heterocycles. The van der Waals surface area contributed by atoms with E-state index in [0.29, 0.717) is 30.3 Å². The van der Waals surface area contributed by atoms with Gasteiger partial charge in [0.05, 0.1) is 11.5 Å². The summed E-state index contributed by atoms with van der Waals surface area (Å²) < 4.78 is 27.2. The number of nitrogens with one attached hydrogen (secondary N) is 1. The van der Waals surface area contributed by atoms with Crippen molar-refractivity contribution in [3.63, 3.8) is 0 Å². The number of rotatable bonds is 7. The van der Waals surface area contributed by atoms with Crippen molar-refractivity contribution in [1.82, 2.24) is 9.62 Å². The van der Waals surface area contributed by atoms with Crippen LogP contribution in [0.4, 0.5) is 0 Å². The molecule has 2 N–H and O–H groups in total. The zero-order chi connectivity index (χ0) is 14.8. The fourth-order valence-electron chi connectivity index (χ4n) is 2.16. The van der Waals surface area contributed by atoms with E-state index in [1.54, 1.807) is 19.1 Å². The molecule has 2 rings (SSSR count). The smallest absolute Gasteiger partial charge is 0.240 e. The molecule has 1 aromatic rings. The fourth-order valence-corrected chi connectivity index (χ4v) is 3.48. The van der Waals surface area contributed by atoms with Crippen LogP contribution in [0.15, 0.2) is 23.1 Å². The first kappa shape index (κ1) is 15.4. The van der Waals surface area contributed by atoms with Crippen LogP contribution in [-0.4, -0.2) is 44.6 Å². The Balaban J connectivity index is 2.01. The first-order valence-corrected chi connectivity index (χ1v) is 8.32. The standard InChI is InChI=1S/C14H22N2O3S/c1-11-3-4-12(10-17)9-14(11)20(18,19)15-7-8-16(2)13-5-6-13/h3-4,9,13,15,17H,5-8,10H2,1-2H3. The van der Waals surface area contributed by atoms with Crippen molar-refractivity contribution >= 4 is 10.0 Å². The Bertz CT molecular complexity index is 568. The quantitative estimate of drug-likeness (QED) is 0.783. The minimum atomic E-state index is -3.51. The van der Waals surface area contributed by atoms with Gasteiger partial charge in [-0.15, -0.1) is 0 Å². The van der Waals surface area contributed by atoms with Crippen molar-refractivity contribution in [3.05, 3.63) is 29.3 Å². The lowest BCUT2D eigenvalue weighted by atomic mass is 10.2. The molecule has 1 saturated carbocycles. The molecule has 1 fully saturated rings. The highest BCUT2D eigenvalue weighted by Gasteiger charge is 2.26. The van der Waals surface area contributed by atoms with Gasteiger partial charge in [-0.1, -0.05) is 12.1 Å². The van der Waals surface area contributed by atoms with Gasteiger partial charge in [-0.3, -0.25) is 0 Å². The summed E-state index contributed by atoms with van der Waals surface area (Å²) in [6.45, 7) is 2.71. The Kier molecular flexibility index (Phi) is 4.80. The largest absolute Gasteiger partial charge is 0.392 e. The first-order valence-electron chi connectivity index (χ1n) is 6.84. The molecule has 0 aliphatic heterocycles. The number of nitrogens with zero attached hydrogens (tertiary/aromatic N) is 1. The van der Waals surface area contributed by atoms with E-state index in [4.69, 9.17) is 5.11 Å². The molecule has 0 saturated heterocycles. The summed E-state index contributed by atoms with van der Waals surface area (Å²) in [5.41, 5.74) is 1.29. The van der Waals surface area contributed by atoms with Crippen LogP contribution in [0, 0.1) is 6.92 Å². The maximum Gasteiger partial charge on any atom is 0.240 e. The number of sulfonamides is 1. The van der Waals surface area contributed by atoms with Gasteiger partial charge in [0.25, 0.3) is 0 Å². The van der Waals surface area contributed by atoms with E-state index in [-0.39, 0.29) is 11.5 Å². The van der Waals surface area contributed by atoms with Gasteiger partial charge in [0.15, 0.2) is 0 Å². The molecule has 0 atom stereocenters. The predicted octanol–water partition coefficient (Wildman–Crippen LogP) is 0.860. The molecule has 0 radical (unpaired) electrons. The van der Waals surface area contributed by atoms with Crippen LogP contribution in [0.2, 0.25) is 0 Å². The number of hydrogen-bond acceptors (Lipinski definition) is 4. The van der Waals surface area contributed by atoms with E-state index in [1.807, 2.05) is 7.05 Å². The van der Waals surface area contributed by atoms with Gasteiger partial charge >= 0.3 is 0 Å². The van der Waals surface area contributed by atoms with Gasteiger partial charge in [-0.2, -0.15) is 0 Å². The van der Waals surface area contributed by atoms with Gasteiger partial charge in [0.1, 0.15) is 0 Å². The second-order valence-electron chi connectivity index (χ2n) is 5.37. The average Bonchev–Trinajstić information content (AvgIpc) is 3.23. The Morgan fingerprint density at radius 3 is 2.70 bits per heavy atom. The second kappa shape index (κ2) is 6.22. The molecular formula is C14H22N2O3S. The van der Waals surface area contributed by atoms with Crippen LogP contribution in [0.5, 0.6) is 0 Å². The molecule has 112 valence electrons. The molecule has 0 unspecified atom stereocenters. The first-order chi connectivity index (χ1) is 9.44. The van der Waals surface area contributed by atoms with Crippen LogP contribution in [-0.2, 0) is 16.6 Å². The minimum absolute atomic E-state index is 0.160. The molecule has 6 heteroatoms. The number of aryl methyl sites for hydroxylation is 1. The number of aliphatic hydroxyl groups is 1. The topological polar surface area (TPSA) is 69.6 Å².